The number of carbonyl (C=O) groups excluding carboxylic acids is 2. The molecule has 0 bridgehead atoms. The minimum absolute atomic E-state index is 0.0921. The van der Waals surface area contributed by atoms with Crippen LogP contribution in [-0.2, 0) is 14.4 Å². The van der Waals surface area contributed by atoms with Gasteiger partial charge in [0.15, 0.2) is 5.60 Å². The topological polar surface area (TPSA) is 92.3 Å². The van der Waals surface area contributed by atoms with Crippen LogP contribution in [0.15, 0.2) is 35.5 Å². The molecular weight excluding hydrogens is 348 g/mol. The number of anilines is 1. The number of amides is 3. The van der Waals surface area contributed by atoms with Gasteiger partial charge in [-0.15, -0.1) is 0 Å². The van der Waals surface area contributed by atoms with Crippen molar-refractivity contribution in [1.82, 2.24) is 10.2 Å². The van der Waals surface area contributed by atoms with Crippen molar-refractivity contribution < 1.29 is 19.2 Å². The van der Waals surface area contributed by atoms with Gasteiger partial charge < -0.3 is 25.1 Å². The van der Waals surface area contributed by atoms with Crippen LogP contribution in [0.1, 0.15) is 25.7 Å². The summed E-state index contributed by atoms with van der Waals surface area (Å²) in [5.41, 5.74) is 0.546. The number of nitrogens with zero attached hydrogens (tertiary/aromatic N) is 2. The lowest BCUT2D eigenvalue weighted by atomic mass is 9.96. The Kier molecular flexibility index (Phi) is 4.98. The van der Waals surface area contributed by atoms with Crippen LogP contribution in [0.5, 0.6) is 0 Å². The molecule has 3 heterocycles. The highest BCUT2D eigenvalue weighted by Gasteiger charge is 2.48. The number of benzene rings is 1. The van der Waals surface area contributed by atoms with Crippen LogP contribution in [0.4, 0.5) is 10.5 Å². The highest BCUT2D eigenvalue weighted by Crippen LogP contribution is 2.34. The Morgan fingerprint density at radius 2 is 2.15 bits per heavy atom. The van der Waals surface area contributed by atoms with Crippen molar-refractivity contribution in [3.8, 4) is 0 Å². The van der Waals surface area contributed by atoms with Gasteiger partial charge in [-0.25, -0.2) is 4.79 Å². The van der Waals surface area contributed by atoms with Crippen molar-refractivity contribution in [2.24, 2.45) is 5.16 Å². The van der Waals surface area contributed by atoms with E-state index in [1.165, 1.54) is 0 Å². The molecule has 1 aromatic rings. The largest absolute Gasteiger partial charge is 0.386 e. The zero-order chi connectivity index (χ0) is 18.7. The number of oxime groups is 1. The first kappa shape index (κ1) is 17.8. The van der Waals surface area contributed by atoms with E-state index in [0.717, 1.165) is 25.1 Å². The fraction of sp³-hybridized carbons (Fsp3) is 0.526. The molecule has 0 saturated carbocycles. The van der Waals surface area contributed by atoms with Crippen molar-refractivity contribution in [2.45, 2.75) is 37.4 Å². The third kappa shape index (κ3) is 4.05. The van der Waals surface area contributed by atoms with E-state index in [0.29, 0.717) is 38.2 Å². The molecule has 3 aliphatic heterocycles. The van der Waals surface area contributed by atoms with Gasteiger partial charge in [-0.05, 0) is 25.0 Å². The maximum Gasteiger partial charge on any atom is 0.321 e. The van der Waals surface area contributed by atoms with Crippen molar-refractivity contribution >= 4 is 23.3 Å². The molecule has 1 spiro atoms. The first-order valence-electron chi connectivity index (χ1n) is 9.39. The second-order valence-corrected chi connectivity index (χ2v) is 7.30. The number of para-hydroxylation sites is 1. The molecule has 8 nitrogen and oxygen atoms in total. The van der Waals surface area contributed by atoms with E-state index in [1.54, 1.807) is 4.90 Å². The standard InChI is InChI=1S/C19H24N4O4/c24-17(20-12-15-7-4-10-26-15)16-11-19(27-22-16)8-9-23(13-19)18(25)21-14-5-2-1-3-6-14/h1-3,5-6,15H,4,7-13H2,(H,20,24)(H,21,25)/t15-,19-/m0/s1. The quantitative estimate of drug-likeness (QED) is 0.842. The molecule has 2 N–H and O–H groups in total. The molecule has 0 unspecified atom stereocenters. The van der Waals surface area contributed by atoms with Gasteiger partial charge in [0, 0.05) is 38.2 Å². The number of hydrogen-bond donors (Lipinski definition) is 2. The predicted octanol–water partition coefficient (Wildman–Crippen LogP) is 1.73. The van der Waals surface area contributed by atoms with Crippen molar-refractivity contribution in [2.75, 3.05) is 31.6 Å². The molecule has 0 aromatic heterocycles. The monoisotopic (exact) mass is 372 g/mol. The average molecular weight is 372 g/mol. The molecule has 27 heavy (non-hydrogen) atoms. The van der Waals surface area contributed by atoms with E-state index in [1.807, 2.05) is 30.3 Å². The van der Waals surface area contributed by atoms with Crippen LogP contribution < -0.4 is 10.6 Å². The molecule has 0 radical (unpaired) electrons. The van der Waals surface area contributed by atoms with Gasteiger partial charge in [-0.2, -0.15) is 0 Å². The Morgan fingerprint density at radius 1 is 1.30 bits per heavy atom. The van der Waals surface area contributed by atoms with Crippen LogP contribution >= 0.6 is 0 Å². The van der Waals surface area contributed by atoms with E-state index < -0.39 is 5.60 Å². The molecule has 3 aliphatic rings. The molecule has 2 saturated heterocycles. The Morgan fingerprint density at radius 3 is 2.93 bits per heavy atom. The third-order valence-corrected chi connectivity index (χ3v) is 5.24. The summed E-state index contributed by atoms with van der Waals surface area (Å²) in [5.74, 6) is -0.213. The molecule has 4 rings (SSSR count). The van der Waals surface area contributed by atoms with Crippen molar-refractivity contribution in [3.63, 3.8) is 0 Å². The van der Waals surface area contributed by atoms with Crippen LogP contribution in [0.25, 0.3) is 0 Å². The number of carbonyl (C=O) groups is 2. The lowest BCUT2D eigenvalue weighted by molar-refractivity contribution is -0.115. The molecule has 0 aliphatic carbocycles. The van der Waals surface area contributed by atoms with Gasteiger partial charge in [0.1, 0.15) is 5.71 Å². The minimum Gasteiger partial charge on any atom is -0.386 e. The smallest absolute Gasteiger partial charge is 0.321 e. The molecular formula is C19H24N4O4. The Labute approximate surface area is 157 Å². The number of urea groups is 1. The summed E-state index contributed by atoms with van der Waals surface area (Å²) in [5, 5.41) is 9.75. The maximum absolute atomic E-state index is 12.4. The second-order valence-electron chi connectivity index (χ2n) is 7.30. The Balaban J connectivity index is 1.27. The van der Waals surface area contributed by atoms with E-state index in [4.69, 9.17) is 9.57 Å². The summed E-state index contributed by atoms with van der Waals surface area (Å²) in [6.07, 6.45) is 3.17. The summed E-state index contributed by atoms with van der Waals surface area (Å²) in [4.78, 5) is 32.1. The fourth-order valence-electron chi connectivity index (χ4n) is 3.72. The zero-order valence-electron chi connectivity index (χ0n) is 15.1. The summed E-state index contributed by atoms with van der Waals surface area (Å²) < 4.78 is 5.51. The summed E-state index contributed by atoms with van der Waals surface area (Å²) >= 11 is 0. The van der Waals surface area contributed by atoms with E-state index in [2.05, 4.69) is 15.8 Å². The van der Waals surface area contributed by atoms with Gasteiger partial charge in [-0.3, -0.25) is 4.79 Å². The number of hydrogen-bond acceptors (Lipinski definition) is 5. The average Bonchev–Trinajstić information content (AvgIpc) is 3.43. The van der Waals surface area contributed by atoms with E-state index in [-0.39, 0.29) is 18.0 Å². The van der Waals surface area contributed by atoms with Crippen LogP contribution in [-0.4, -0.2) is 60.5 Å². The molecule has 144 valence electrons. The zero-order valence-corrected chi connectivity index (χ0v) is 15.1. The first-order valence-corrected chi connectivity index (χ1v) is 9.39. The van der Waals surface area contributed by atoms with Crippen molar-refractivity contribution in [3.05, 3.63) is 30.3 Å². The molecule has 8 heteroatoms. The number of rotatable bonds is 4. The van der Waals surface area contributed by atoms with Gasteiger partial charge >= 0.3 is 6.03 Å². The molecule has 3 amide bonds. The van der Waals surface area contributed by atoms with Gasteiger partial charge in [-0.1, -0.05) is 23.4 Å². The molecule has 2 fully saturated rings. The second kappa shape index (κ2) is 7.56. The lowest BCUT2D eigenvalue weighted by Crippen LogP contribution is -2.40. The van der Waals surface area contributed by atoms with Gasteiger partial charge in [0.25, 0.3) is 5.91 Å². The Hall–Kier alpha value is -2.61. The number of nitrogens with one attached hydrogen (secondary N) is 2. The van der Waals surface area contributed by atoms with Crippen LogP contribution in [0.3, 0.4) is 0 Å². The molecule has 1 aromatic carbocycles. The normalized spacial score (nSPS) is 26.7. The number of ether oxygens (including phenoxy) is 1. The van der Waals surface area contributed by atoms with E-state index >= 15 is 0 Å². The highest BCUT2D eigenvalue weighted by molar-refractivity contribution is 6.39. The Bertz CT molecular complexity index is 732. The third-order valence-electron chi connectivity index (χ3n) is 5.24. The molecule has 2 atom stereocenters. The van der Waals surface area contributed by atoms with Crippen LogP contribution in [0, 0.1) is 0 Å². The summed E-state index contributed by atoms with van der Waals surface area (Å²) in [7, 11) is 0. The summed E-state index contributed by atoms with van der Waals surface area (Å²) in [6.45, 7) is 2.24. The van der Waals surface area contributed by atoms with Crippen molar-refractivity contribution in [1.29, 1.82) is 0 Å². The van der Waals surface area contributed by atoms with Gasteiger partial charge in [0.2, 0.25) is 0 Å². The maximum atomic E-state index is 12.4. The SMILES string of the molecule is O=C(NC[C@@H]1CCCO1)C1=NO[C@@]2(CCN(C(=O)Nc3ccccc3)C2)C1. The highest BCUT2D eigenvalue weighted by atomic mass is 16.7. The fourth-order valence-corrected chi connectivity index (χ4v) is 3.72. The van der Waals surface area contributed by atoms with Crippen LogP contribution in [0.2, 0.25) is 0 Å². The van der Waals surface area contributed by atoms with E-state index in [9.17, 15) is 9.59 Å². The van der Waals surface area contributed by atoms with Gasteiger partial charge in [0.05, 0.1) is 12.6 Å². The first-order chi connectivity index (χ1) is 13.1. The predicted molar refractivity (Wildman–Crippen MR) is 99.5 cm³/mol. The minimum atomic E-state index is -0.593. The summed E-state index contributed by atoms with van der Waals surface area (Å²) in [6, 6.07) is 9.16. The number of likely N-dealkylation sites (tertiary alicyclic amines) is 1. The lowest BCUT2D eigenvalue weighted by Gasteiger charge is -2.22.